The molecular formula is C12H14N4O. The number of morpholine rings is 1. The normalized spacial score (nSPS) is 16.1. The van der Waals surface area contributed by atoms with Crippen molar-refractivity contribution in [3.05, 3.63) is 36.7 Å². The molecule has 0 N–H and O–H groups in total. The summed E-state index contributed by atoms with van der Waals surface area (Å²) in [5, 5.41) is 7.82. The summed E-state index contributed by atoms with van der Waals surface area (Å²) in [4.78, 5) is 2.32. The van der Waals surface area contributed by atoms with Crippen LogP contribution in [0.15, 0.2) is 36.7 Å². The molecule has 1 aliphatic heterocycles. The second kappa shape index (κ2) is 4.55. The summed E-state index contributed by atoms with van der Waals surface area (Å²) in [7, 11) is 0. The maximum atomic E-state index is 5.35. The Morgan fingerprint density at radius 1 is 1.12 bits per heavy atom. The van der Waals surface area contributed by atoms with Gasteiger partial charge in [-0.05, 0) is 18.2 Å². The van der Waals surface area contributed by atoms with E-state index in [-0.39, 0.29) is 0 Å². The molecule has 0 amide bonds. The predicted molar refractivity (Wildman–Crippen MR) is 64.4 cm³/mol. The maximum Gasteiger partial charge on any atom is 0.0697 e. The van der Waals surface area contributed by atoms with Crippen LogP contribution in [0.1, 0.15) is 0 Å². The van der Waals surface area contributed by atoms with Gasteiger partial charge in [0.15, 0.2) is 0 Å². The van der Waals surface area contributed by atoms with Crippen LogP contribution in [0.25, 0.3) is 5.69 Å². The van der Waals surface area contributed by atoms with Crippen LogP contribution in [-0.2, 0) is 4.74 Å². The predicted octanol–water partition coefficient (Wildman–Crippen LogP) is 1.10. The highest BCUT2D eigenvalue weighted by Crippen LogP contribution is 2.19. The van der Waals surface area contributed by atoms with E-state index in [2.05, 4.69) is 27.3 Å². The molecule has 0 atom stereocenters. The molecule has 1 fully saturated rings. The van der Waals surface area contributed by atoms with E-state index in [4.69, 9.17) is 4.74 Å². The van der Waals surface area contributed by atoms with E-state index in [0.717, 1.165) is 32.0 Å². The van der Waals surface area contributed by atoms with Crippen molar-refractivity contribution in [2.24, 2.45) is 0 Å². The summed E-state index contributed by atoms with van der Waals surface area (Å²) in [6.45, 7) is 3.49. The molecule has 5 nitrogen and oxygen atoms in total. The van der Waals surface area contributed by atoms with Crippen LogP contribution in [0.3, 0.4) is 0 Å². The molecule has 3 rings (SSSR count). The van der Waals surface area contributed by atoms with E-state index < -0.39 is 0 Å². The van der Waals surface area contributed by atoms with Gasteiger partial charge in [-0.2, -0.15) is 0 Å². The summed E-state index contributed by atoms with van der Waals surface area (Å²) in [6.07, 6.45) is 3.53. The highest BCUT2D eigenvalue weighted by Gasteiger charge is 2.11. The largest absolute Gasteiger partial charge is 0.378 e. The lowest BCUT2D eigenvalue weighted by atomic mass is 10.2. The van der Waals surface area contributed by atoms with Gasteiger partial charge in [-0.25, -0.2) is 4.68 Å². The van der Waals surface area contributed by atoms with Crippen molar-refractivity contribution in [1.82, 2.24) is 15.0 Å². The fourth-order valence-corrected chi connectivity index (χ4v) is 2.00. The molecule has 17 heavy (non-hydrogen) atoms. The van der Waals surface area contributed by atoms with E-state index in [0.29, 0.717) is 0 Å². The molecule has 0 radical (unpaired) electrons. The Hall–Kier alpha value is -1.88. The molecule has 0 saturated carbocycles. The first-order valence-electron chi connectivity index (χ1n) is 5.73. The molecule has 0 aliphatic carbocycles. The highest BCUT2D eigenvalue weighted by atomic mass is 16.5. The number of rotatable bonds is 2. The third-order valence-corrected chi connectivity index (χ3v) is 2.89. The first kappa shape index (κ1) is 10.3. The van der Waals surface area contributed by atoms with E-state index in [1.807, 2.05) is 18.3 Å². The third-order valence-electron chi connectivity index (χ3n) is 2.89. The summed E-state index contributed by atoms with van der Waals surface area (Å²) >= 11 is 0. The Kier molecular flexibility index (Phi) is 2.75. The standard InChI is InChI=1S/C12H14N4O/c1-2-11(15-6-8-17-9-7-15)10-12(3-1)16-5-4-13-14-16/h1-5,10H,6-9H2. The minimum Gasteiger partial charge on any atom is -0.378 e. The highest BCUT2D eigenvalue weighted by molar-refractivity contribution is 5.53. The van der Waals surface area contributed by atoms with Gasteiger partial charge < -0.3 is 9.64 Å². The van der Waals surface area contributed by atoms with Gasteiger partial charge in [0.25, 0.3) is 0 Å². The number of ether oxygens (including phenoxy) is 1. The van der Waals surface area contributed by atoms with Crippen molar-refractivity contribution in [2.45, 2.75) is 0 Å². The minimum atomic E-state index is 0.799. The summed E-state index contributed by atoms with van der Waals surface area (Å²) in [5.74, 6) is 0. The van der Waals surface area contributed by atoms with Crippen LogP contribution in [0.5, 0.6) is 0 Å². The Balaban J connectivity index is 1.88. The Bertz CT molecular complexity index is 477. The average Bonchev–Trinajstić information content (AvgIpc) is 2.94. The van der Waals surface area contributed by atoms with Crippen LogP contribution in [0, 0.1) is 0 Å². The lowest BCUT2D eigenvalue weighted by molar-refractivity contribution is 0.122. The molecule has 1 aromatic carbocycles. The van der Waals surface area contributed by atoms with Gasteiger partial charge in [-0.15, -0.1) is 5.10 Å². The molecule has 2 heterocycles. The van der Waals surface area contributed by atoms with Gasteiger partial charge in [0, 0.05) is 18.8 Å². The van der Waals surface area contributed by atoms with Crippen molar-refractivity contribution in [3.8, 4) is 5.69 Å². The van der Waals surface area contributed by atoms with Gasteiger partial charge in [0.05, 0.1) is 31.3 Å². The number of anilines is 1. The molecule has 0 spiro atoms. The quantitative estimate of drug-likeness (QED) is 0.775. The Morgan fingerprint density at radius 2 is 1.94 bits per heavy atom. The Morgan fingerprint density at radius 3 is 2.71 bits per heavy atom. The van der Waals surface area contributed by atoms with E-state index in [1.54, 1.807) is 10.9 Å². The first-order chi connectivity index (χ1) is 8.43. The van der Waals surface area contributed by atoms with Crippen molar-refractivity contribution in [2.75, 3.05) is 31.2 Å². The maximum absolute atomic E-state index is 5.35. The summed E-state index contributed by atoms with van der Waals surface area (Å²) < 4.78 is 7.12. The van der Waals surface area contributed by atoms with Crippen LogP contribution < -0.4 is 4.90 Å². The van der Waals surface area contributed by atoms with Gasteiger partial charge in [-0.1, -0.05) is 11.3 Å². The van der Waals surface area contributed by atoms with Gasteiger partial charge in [0.1, 0.15) is 0 Å². The molecule has 0 bridgehead atoms. The van der Waals surface area contributed by atoms with Crippen LogP contribution in [0.2, 0.25) is 0 Å². The first-order valence-corrected chi connectivity index (χ1v) is 5.73. The topological polar surface area (TPSA) is 43.2 Å². The lowest BCUT2D eigenvalue weighted by Crippen LogP contribution is -2.36. The number of benzene rings is 1. The zero-order valence-corrected chi connectivity index (χ0v) is 9.49. The summed E-state index contributed by atoms with van der Waals surface area (Å²) in [5.41, 5.74) is 2.24. The van der Waals surface area contributed by atoms with Gasteiger partial charge in [0.2, 0.25) is 0 Å². The molecule has 1 aromatic heterocycles. The molecule has 88 valence electrons. The molecular weight excluding hydrogens is 216 g/mol. The third kappa shape index (κ3) is 2.14. The average molecular weight is 230 g/mol. The number of aromatic nitrogens is 3. The number of hydrogen-bond acceptors (Lipinski definition) is 4. The molecule has 1 saturated heterocycles. The second-order valence-corrected chi connectivity index (χ2v) is 3.97. The fourth-order valence-electron chi connectivity index (χ4n) is 2.00. The fraction of sp³-hybridized carbons (Fsp3) is 0.333. The van der Waals surface area contributed by atoms with E-state index in [1.165, 1.54) is 5.69 Å². The molecule has 5 heteroatoms. The lowest BCUT2D eigenvalue weighted by Gasteiger charge is -2.29. The second-order valence-electron chi connectivity index (χ2n) is 3.97. The van der Waals surface area contributed by atoms with Crippen LogP contribution >= 0.6 is 0 Å². The van der Waals surface area contributed by atoms with Gasteiger partial charge >= 0.3 is 0 Å². The van der Waals surface area contributed by atoms with E-state index in [9.17, 15) is 0 Å². The van der Waals surface area contributed by atoms with E-state index >= 15 is 0 Å². The zero-order valence-electron chi connectivity index (χ0n) is 9.49. The zero-order chi connectivity index (χ0) is 11.5. The Labute approximate surface area is 99.6 Å². The molecule has 2 aromatic rings. The molecule has 0 unspecified atom stereocenters. The SMILES string of the molecule is c1cc(N2CCOCC2)cc(-n2ccnn2)c1. The smallest absolute Gasteiger partial charge is 0.0697 e. The number of hydrogen-bond donors (Lipinski definition) is 0. The van der Waals surface area contributed by atoms with Crippen molar-refractivity contribution in [1.29, 1.82) is 0 Å². The van der Waals surface area contributed by atoms with Crippen molar-refractivity contribution < 1.29 is 4.74 Å². The minimum absolute atomic E-state index is 0.799. The monoisotopic (exact) mass is 230 g/mol. The van der Waals surface area contributed by atoms with Crippen LogP contribution in [-0.4, -0.2) is 41.3 Å². The number of nitrogens with zero attached hydrogens (tertiary/aromatic N) is 4. The summed E-state index contributed by atoms with van der Waals surface area (Å²) in [6, 6.07) is 8.31. The van der Waals surface area contributed by atoms with Crippen molar-refractivity contribution in [3.63, 3.8) is 0 Å². The van der Waals surface area contributed by atoms with Crippen molar-refractivity contribution >= 4 is 5.69 Å². The molecule has 1 aliphatic rings. The van der Waals surface area contributed by atoms with Crippen LogP contribution in [0.4, 0.5) is 5.69 Å². The van der Waals surface area contributed by atoms with Gasteiger partial charge in [-0.3, -0.25) is 0 Å².